The predicted octanol–water partition coefficient (Wildman–Crippen LogP) is -2.71. The highest BCUT2D eigenvalue weighted by molar-refractivity contribution is 5.19. The zero-order chi connectivity index (χ0) is 16.9. The Morgan fingerprint density at radius 1 is 1.70 bits per heavy atom. The summed E-state index contributed by atoms with van der Waals surface area (Å²) in [6.07, 6.45) is -0.597. The van der Waals surface area contributed by atoms with Gasteiger partial charge in [0.15, 0.2) is 11.8 Å². The number of aliphatic hydroxyl groups excluding tert-OH is 1. The van der Waals surface area contributed by atoms with Gasteiger partial charge in [-0.3, -0.25) is 14.3 Å². The number of hydrogen-bond acceptors (Lipinski definition) is 6. The molecule has 0 spiro atoms. The topological polar surface area (TPSA) is 125 Å². The molecule has 0 aliphatic carbocycles. The summed E-state index contributed by atoms with van der Waals surface area (Å²) in [6, 6.07) is 0. The quantitative estimate of drug-likeness (QED) is 0.439. The summed E-state index contributed by atoms with van der Waals surface area (Å²) in [5, 5.41) is 29.4. The molecule has 1 aliphatic heterocycles. The number of nitrogens with zero attached hydrogens (tertiary/aromatic N) is 1. The molecule has 8 nitrogen and oxygen atoms in total. The molecule has 2 heterocycles. The van der Waals surface area contributed by atoms with E-state index in [0.29, 0.717) is 10.8 Å². The number of aromatic nitrogens is 2. The number of halogens is 1. The highest BCUT2D eigenvalue weighted by atomic mass is 19.1. The summed E-state index contributed by atoms with van der Waals surface area (Å²) >= 11 is 0. The average molecular weight is 288 g/mol. The lowest BCUT2D eigenvalue weighted by Crippen LogP contribution is -2.48. The Hall–Kier alpha value is -1.99. The van der Waals surface area contributed by atoms with E-state index < -0.39 is 47.7 Å². The Morgan fingerprint density at radius 3 is 2.90 bits per heavy atom. The Labute approximate surface area is 113 Å². The van der Waals surface area contributed by atoms with Crippen LogP contribution in [0.1, 0.15) is 8.97 Å². The second-order valence-electron chi connectivity index (χ2n) is 4.10. The van der Waals surface area contributed by atoms with Crippen molar-refractivity contribution in [1.29, 1.82) is 0 Å². The maximum atomic E-state index is 13.3. The van der Waals surface area contributed by atoms with Gasteiger partial charge in [-0.15, -0.1) is 6.42 Å². The second kappa shape index (κ2) is 4.84. The summed E-state index contributed by atoms with van der Waals surface area (Å²) in [4.78, 5) is 24.3. The van der Waals surface area contributed by atoms with Gasteiger partial charge in [0.2, 0.25) is 5.82 Å². The Bertz CT molecular complexity index is 751. The molecular weight excluding hydrogens is 275 g/mol. The zero-order valence-electron chi connectivity index (χ0n) is 11.8. The van der Waals surface area contributed by atoms with Gasteiger partial charge in [0.1, 0.15) is 12.2 Å². The van der Waals surface area contributed by atoms with E-state index in [1.165, 1.54) is 0 Å². The van der Waals surface area contributed by atoms with Crippen LogP contribution in [-0.2, 0) is 4.74 Å². The lowest BCUT2D eigenvalue weighted by molar-refractivity contribution is -0.0769. The molecule has 0 amide bonds. The molecule has 4 atom stereocenters. The van der Waals surface area contributed by atoms with Gasteiger partial charge in [-0.25, -0.2) is 4.79 Å². The third-order valence-electron chi connectivity index (χ3n) is 2.93. The molecule has 108 valence electrons. The Morgan fingerprint density at radius 2 is 2.35 bits per heavy atom. The van der Waals surface area contributed by atoms with Crippen molar-refractivity contribution >= 4 is 0 Å². The molecule has 1 unspecified atom stereocenters. The molecule has 9 heteroatoms. The first-order valence-electron chi connectivity index (χ1n) is 6.29. The minimum Gasteiger partial charge on any atom is -0.394 e. The number of aliphatic hydroxyl groups is 3. The van der Waals surface area contributed by atoms with E-state index >= 15 is 0 Å². The first-order chi connectivity index (χ1) is 10.0. The molecule has 0 radical (unpaired) electrons. The normalized spacial score (nSPS) is 35.2. The van der Waals surface area contributed by atoms with Crippen molar-refractivity contribution in [2.45, 2.75) is 24.0 Å². The van der Waals surface area contributed by atoms with Crippen LogP contribution >= 0.6 is 0 Å². The van der Waals surface area contributed by atoms with Gasteiger partial charge in [-0.1, -0.05) is 5.92 Å². The minimum atomic E-state index is -3.11. The van der Waals surface area contributed by atoms with Crippen molar-refractivity contribution in [2.24, 2.45) is 0 Å². The van der Waals surface area contributed by atoms with Crippen LogP contribution in [0.15, 0.2) is 15.8 Å². The van der Waals surface area contributed by atoms with Gasteiger partial charge in [0.05, 0.1) is 15.5 Å². The van der Waals surface area contributed by atoms with Crippen LogP contribution in [0.2, 0.25) is 0 Å². The summed E-state index contributed by atoms with van der Waals surface area (Å²) in [6.45, 7) is -3.11. The molecular formula is C11H11FN2O6. The lowest BCUT2D eigenvalue weighted by Gasteiger charge is -2.26. The maximum absolute atomic E-state index is 13.3. The van der Waals surface area contributed by atoms with Crippen LogP contribution in [0.25, 0.3) is 0 Å². The second-order valence-corrected chi connectivity index (χ2v) is 4.10. The Kier molecular flexibility index (Phi) is 2.86. The van der Waals surface area contributed by atoms with E-state index in [1.807, 2.05) is 0 Å². The molecule has 1 fully saturated rings. The van der Waals surface area contributed by atoms with Crippen LogP contribution in [0.3, 0.4) is 0 Å². The smallest absolute Gasteiger partial charge is 0.330 e. The van der Waals surface area contributed by atoms with Crippen LogP contribution < -0.4 is 11.2 Å². The van der Waals surface area contributed by atoms with Gasteiger partial charge < -0.3 is 20.1 Å². The molecule has 20 heavy (non-hydrogen) atoms. The van der Waals surface area contributed by atoms with E-state index in [0.717, 1.165) is 0 Å². The molecule has 0 aromatic carbocycles. The first-order valence-corrected chi connectivity index (χ1v) is 5.29. The summed E-state index contributed by atoms with van der Waals surface area (Å²) < 4.78 is 32.8. The minimum absolute atomic E-state index is 0.353. The molecule has 1 saturated heterocycles. The van der Waals surface area contributed by atoms with Crippen molar-refractivity contribution in [3.8, 4) is 12.3 Å². The van der Waals surface area contributed by atoms with Gasteiger partial charge in [0.25, 0.3) is 5.56 Å². The van der Waals surface area contributed by atoms with E-state index in [4.69, 9.17) is 13.9 Å². The number of terminal acetylenes is 1. The van der Waals surface area contributed by atoms with Crippen molar-refractivity contribution in [3.63, 3.8) is 0 Å². The molecule has 2 rings (SSSR count). The molecule has 1 aliphatic rings. The summed E-state index contributed by atoms with van der Waals surface area (Å²) in [7, 11) is 0. The third-order valence-corrected chi connectivity index (χ3v) is 2.93. The van der Waals surface area contributed by atoms with Crippen molar-refractivity contribution in [2.75, 3.05) is 6.56 Å². The van der Waals surface area contributed by atoms with Crippen LogP contribution in [-0.4, -0.2) is 49.2 Å². The first kappa shape index (κ1) is 11.8. The number of H-pyrrole nitrogens is 1. The highest BCUT2D eigenvalue weighted by Gasteiger charge is 2.55. The van der Waals surface area contributed by atoms with E-state index in [1.54, 1.807) is 10.9 Å². The molecule has 4 N–H and O–H groups in total. The highest BCUT2D eigenvalue weighted by Crippen LogP contribution is 2.37. The van der Waals surface area contributed by atoms with Crippen molar-refractivity contribution in [3.05, 3.63) is 32.9 Å². The average Bonchev–Trinajstić information content (AvgIpc) is 2.67. The zero-order valence-corrected chi connectivity index (χ0v) is 9.78. The molecule has 1 aromatic heterocycles. The third kappa shape index (κ3) is 1.95. The maximum Gasteiger partial charge on any atom is 0.330 e. The standard InChI is InChI=1S/C11H11FN2O6/c1-2-11(19)7(16)6(4-15)20-9(11)14-3-5(12)8(17)13-10(14)18/h1,3,6-7,9,15-16,19H,4H2,(H,13,17,18)/t6-,7+,9-,11?/m1/s1/i4D2. The van der Waals surface area contributed by atoms with Gasteiger partial charge >= 0.3 is 5.69 Å². The molecule has 0 bridgehead atoms. The van der Waals surface area contributed by atoms with Crippen LogP contribution in [0, 0.1) is 18.2 Å². The predicted molar refractivity (Wildman–Crippen MR) is 62.1 cm³/mol. The fourth-order valence-electron chi connectivity index (χ4n) is 1.86. The van der Waals surface area contributed by atoms with E-state index in [2.05, 4.69) is 0 Å². The van der Waals surface area contributed by atoms with Crippen LogP contribution in [0.5, 0.6) is 0 Å². The van der Waals surface area contributed by atoms with Crippen molar-refractivity contribution in [1.82, 2.24) is 9.55 Å². The SMILES string of the molecule is [2H]C([2H])(O)[C@H]1O[C@@H](n2cc(F)c(=O)[nH]c2=O)C(O)(C#C)[C@H]1O. The summed E-state index contributed by atoms with van der Waals surface area (Å²) in [5.74, 6) is 0.335. The number of aromatic amines is 1. The van der Waals surface area contributed by atoms with Crippen molar-refractivity contribution < 1.29 is 27.2 Å². The van der Waals surface area contributed by atoms with Gasteiger partial charge in [-0.05, 0) is 0 Å². The monoisotopic (exact) mass is 288 g/mol. The number of rotatable bonds is 2. The van der Waals surface area contributed by atoms with E-state index in [-0.39, 0.29) is 0 Å². The van der Waals surface area contributed by atoms with Gasteiger partial charge in [-0.2, -0.15) is 4.39 Å². The molecule has 0 saturated carbocycles. The lowest BCUT2D eigenvalue weighted by atomic mass is 9.95. The Balaban J connectivity index is 2.60. The van der Waals surface area contributed by atoms with Gasteiger partial charge in [0, 0.05) is 0 Å². The van der Waals surface area contributed by atoms with E-state index in [9.17, 15) is 29.3 Å². The largest absolute Gasteiger partial charge is 0.394 e. The number of ether oxygens (including phenoxy) is 1. The summed E-state index contributed by atoms with van der Waals surface area (Å²) in [5.41, 5.74) is -5.18. The van der Waals surface area contributed by atoms with Crippen LogP contribution in [0.4, 0.5) is 4.39 Å². The number of hydrogen-bond donors (Lipinski definition) is 4. The number of nitrogens with one attached hydrogen (secondary N) is 1. The fourth-order valence-corrected chi connectivity index (χ4v) is 1.86. The fraction of sp³-hybridized carbons (Fsp3) is 0.455. The molecule has 1 aromatic rings.